The van der Waals surface area contributed by atoms with Crippen LogP contribution in [-0.4, -0.2) is 76.3 Å². The average Bonchev–Trinajstić information content (AvgIpc) is 3.50. The Bertz CT molecular complexity index is 319. The molecular weight excluding hydrogens is 368 g/mol. The molecule has 0 aliphatic carbocycles. The monoisotopic (exact) mass is 428 g/mol. The van der Waals surface area contributed by atoms with Crippen molar-refractivity contribution in [3.8, 4) is 0 Å². The molecule has 0 amide bonds. The number of rotatable bonds is 2. The van der Waals surface area contributed by atoms with E-state index in [2.05, 4.69) is 34.5 Å². The molecule has 0 spiro atoms. The summed E-state index contributed by atoms with van der Waals surface area (Å²) in [5, 5.41) is 6.87. The summed E-state index contributed by atoms with van der Waals surface area (Å²) in [7, 11) is 4.46. The van der Waals surface area contributed by atoms with E-state index >= 15 is 0 Å². The molecule has 0 aromatic carbocycles. The van der Waals surface area contributed by atoms with Crippen LogP contribution in [0, 0.1) is 23.7 Å². The Hall–Kier alpha value is -0.160. The first kappa shape index (κ1) is 32.0. The summed E-state index contributed by atoms with van der Waals surface area (Å²) in [5.74, 6) is 4.05. The molecule has 4 saturated heterocycles. The van der Waals surface area contributed by atoms with E-state index in [-0.39, 0.29) is 0 Å². The highest BCUT2D eigenvalue weighted by atomic mass is 15.2. The van der Waals surface area contributed by atoms with E-state index in [1.165, 1.54) is 78.0 Å². The van der Waals surface area contributed by atoms with Crippen molar-refractivity contribution in [2.75, 3.05) is 66.5 Å². The van der Waals surface area contributed by atoms with Crippen molar-refractivity contribution in [3.63, 3.8) is 0 Å². The summed E-state index contributed by atoms with van der Waals surface area (Å²) in [6.07, 6.45) is 5.68. The van der Waals surface area contributed by atoms with E-state index in [1.54, 1.807) is 0 Å². The van der Waals surface area contributed by atoms with E-state index in [1.807, 2.05) is 55.4 Å². The van der Waals surface area contributed by atoms with Crippen LogP contribution >= 0.6 is 0 Å². The Balaban J connectivity index is 0. The van der Waals surface area contributed by atoms with Gasteiger partial charge in [-0.2, -0.15) is 0 Å². The van der Waals surface area contributed by atoms with Crippen LogP contribution in [0.3, 0.4) is 0 Å². The van der Waals surface area contributed by atoms with Gasteiger partial charge in [0.05, 0.1) is 0 Å². The highest BCUT2D eigenvalue weighted by Gasteiger charge is 2.34. The SMILES string of the molecule is C1CC(C2CCNC2)CCN1.CC.CC.CC.CC.CN1CCC(C2CN(C)C2)C1. The normalized spacial score (nSPS) is 26.6. The molecule has 4 aliphatic rings. The Morgan fingerprint density at radius 2 is 0.967 bits per heavy atom. The largest absolute Gasteiger partial charge is 0.317 e. The van der Waals surface area contributed by atoms with Gasteiger partial charge in [-0.05, 0) is 96.2 Å². The molecule has 2 unspecified atom stereocenters. The van der Waals surface area contributed by atoms with Gasteiger partial charge < -0.3 is 20.4 Å². The average molecular weight is 429 g/mol. The first-order valence-corrected chi connectivity index (χ1v) is 13.5. The molecule has 4 rings (SSSR count). The van der Waals surface area contributed by atoms with Crippen LogP contribution in [0.1, 0.15) is 81.1 Å². The third kappa shape index (κ3) is 12.6. The minimum Gasteiger partial charge on any atom is -0.317 e. The molecule has 0 radical (unpaired) electrons. The summed E-state index contributed by atoms with van der Waals surface area (Å²) >= 11 is 0. The van der Waals surface area contributed by atoms with Gasteiger partial charge in [-0.25, -0.2) is 0 Å². The van der Waals surface area contributed by atoms with E-state index in [0.717, 1.165) is 23.7 Å². The number of likely N-dealkylation sites (tertiary alicyclic amines) is 2. The minimum absolute atomic E-state index is 0.997. The molecule has 0 aromatic rings. The van der Waals surface area contributed by atoms with Gasteiger partial charge in [0.25, 0.3) is 0 Å². The summed E-state index contributed by atoms with van der Waals surface area (Å²) in [4.78, 5) is 4.88. The number of nitrogens with zero attached hydrogens (tertiary/aromatic N) is 2. The molecule has 4 heteroatoms. The van der Waals surface area contributed by atoms with Crippen molar-refractivity contribution in [1.29, 1.82) is 0 Å². The lowest BCUT2D eigenvalue weighted by molar-refractivity contribution is 0.0864. The van der Waals surface area contributed by atoms with Crippen LogP contribution < -0.4 is 10.6 Å². The molecule has 0 aromatic heterocycles. The van der Waals surface area contributed by atoms with Crippen molar-refractivity contribution in [1.82, 2.24) is 20.4 Å². The van der Waals surface area contributed by atoms with Gasteiger partial charge in [0.1, 0.15) is 0 Å². The molecule has 2 N–H and O–H groups in total. The number of hydrogen-bond acceptors (Lipinski definition) is 4. The zero-order chi connectivity index (χ0) is 23.4. The molecule has 2 atom stereocenters. The second-order valence-electron chi connectivity index (χ2n) is 8.13. The lowest BCUT2D eigenvalue weighted by Gasteiger charge is -2.40. The summed E-state index contributed by atoms with van der Waals surface area (Å²) < 4.78 is 0. The van der Waals surface area contributed by atoms with Crippen molar-refractivity contribution in [2.45, 2.75) is 81.1 Å². The molecule has 4 aliphatic heterocycles. The number of piperidine rings is 1. The predicted molar refractivity (Wildman–Crippen MR) is 139 cm³/mol. The maximum Gasteiger partial charge on any atom is 0.00221 e. The van der Waals surface area contributed by atoms with Gasteiger partial charge in [0.15, 0.2) is 0 Å². The van der Waals surface area contributed by atoms with Gasteiger partial charge in [0.2, 0.25) is 0 Å². The predicted octanol–water partition coefficient (Wildman–Crippen LogP) is 5.20. The molecule has 4 nitrogen and oxygen atoms in total. The molecule has 30 heavy (non-hydrogen) atoms. The van der Waals surface area contributed by atoms with E-state index in [9.17, 15) is 0 Å². The first-order chi connectivity index (χ1) is 14.7. The van der Waals surface area contributed by atoms with Crippen molar-refractivity contribution in [3.05, 3.63) is 0 Å². The van der Waals surface area contributed by atoms with Crippen LogP contribution in [0.5, 0.6) is 0 Å². The van der Waals surface area contributed by atoms with Crippen LogP contribution in [0.25, 0.3) is 0 Å². The fourth-order valence-electron chi connectivity index (χ4n) is 4.79. The van der Waals surface area contributed by atoms with Crippen LogP contribution in [0.2, 0.25) is 0 Å². The Morgan fingerprint density at radius 3 is 1.37 bits per heavy atom. The smallest absolute Gasteiger partial charge is 0.00221 e. The number of nitrogens with one attached hydrogen (secondary N) is 2. The third-order valence-electron chi connectivity index (χ3n) is 6.34. The zero-order valence-electron chi connectivity index (χ0n) is 22.7. The fraction of sp³-hybridized carbons (Fsp3) is 1.00. The minimum atomic E-state index is 0.997. The fourth-order valence-corrected chi connectivity index (χ4v) is 4.79. The third-order valence-corrected chi connectivity index (χ3v) is 6.34. The van der Waals surface area contributed by atoms with Crippen LogP contribution in [-0.2, 0) is 0 Å². The topological polar surface area (TPSA) is 30.5 Å². The maximum absolute atomic E-state index is 3.45. The molecule has 4 heterocycles. The number of hydrogen-bond donors (Lipinski definition) is 2. The van der Waals surface area contributed by atoms with Crippen molar-refractivity contribution >= 4 is 0 Å². The van der Waals surface area contributed by atoms with Crippen LogP contribution in [0.15, 0.2) is 0 Å². The second kappa shape index (κ2) is 22.0. The summed E-state index contributed by atoms with van der Waals surface area (Å²) in [5.41, 5.74) is 0. The van der Waals surface area contributed by atoms with Gasteiger partial charge in [-0.15, -0.1) is 0 Å². The highest BCUT2D eigenvalue weighted by molar-refractivity contribution is 4.87. The molecule has 4 fully saturated rings. The quantitative estimate of drug-likeness (QED) is 0.633. The lowest BCUT2D eigenvalue weighted by Crippen LogP contribution is -2.47. The van der Waals surface area contributed by atoms with Gasteiger partial charge in [-0.3, -0.25) is 0 Å². The Morgan fingerprint density at radius 1 is 0.500 bits per heavy atom. The maximum atomic E-state index is 3.45. The van der Waals surface area contributed by atoms with E-state index in [4.69, 9.17) is 0 Å². The van der Waals surface area contributed by atoms with E-state index in [0.29, 0.717) is 0 Å². The van der Waals surface area contributed by atoms with Crippen molar-refractivity contribution in [2.24, 2.45) is 23.7 Å². The lowest BCUT2D eigenvalue weighted by atomic mass is 9.84. The Kier molecular flexibility index (Phi) is 23.5. The van der Waals surface area contributed by atoms with Gasteiger partial charge >= 0.3 is 0 Å². The van der Waals surface area contributed by atoms with E-state index < -0.39 is 0 Å². The summed E-state index contributed by atoms with van der Waals surface area (Å²) in [6.45, 7) is 26.4. The zero-order valence-corrected chi connectivity index (χ0v) is 22.7. The van der Waals surface area contributed by atoms with Gasteiger partial charge in [0, 0.05) is 19.6 Å². The first-order valence-electron chi connectivity index (χ1n) is 13.5. The molecule has 0 bridgehead atoms. The highest BCUT2D eigenvalue weighted by Crippen LogP contribution is 2.29. The summed E-state index contributed by atoms with van der Waals surface area (Å²) in [6, 6.07) is 0. The standard InChI is InChI=1S/2C9H18N2.4C2H6/c1-10-4-3-8(5-10)9-6-11(2)7-9;1-4-10-5-2-8(1)9-3-6-11-7-9;4*1-2/h8-9H,3-7H2,1-2H3;8-11H,1-7H2;4*1-2H3. The van der Waals surface area contributed by atoms with Crippen LogP contribution in [0.4, 0.5) is 0 Å². The molecular formula is C26H60N4. The Labute approximate surface area is 191 Å². The molecule has 184 valence electrons. The molecule has 0 saturated carbocycles. The van der Waals surface area contributed by atoms with Crippen molar-refractivity contribution < 1.29 is 0 Å². The second-order valence-corrected chi connectivity index (χ2v) is 8.13. The van der Waals surface area contributed by atoms with Gasteiger partial charge in [-0.1, -0.05) is 55.4 Å².